The van der Waals surface area contributed by atoms with Crippen molar-refractivity contribution in [1.82, 2.24) is 5.32 Å². The van der Waals surface area contributed by atoms with Gasteiger partial charge in [0.1, 0.15) is 5.75 Å². The number of methoxy groups -OCH3 is 1. The molecule has 100 valence electrons. The summed E-state index contributed by atoms with van der Waals surface area (Å²) in [5, 5.41) is 2.97. The smallest absolute Gasteiger partial charge is 0.220 e. The van der Waals surface area contributed by atoms with Gasteiger partial charge in [-0.15, -0.1) is 11.6 Å². The standard InChI is InChI=1S/C14H20ClNO2/c1-11(16-14(17)8-3-4-9-15)12-6-5-7-13(10-12)18-2/h5-7,10-11H,3-4,8-9H2,1-2H3,(H,16,17)/t11-/m1/s1. The van der Waals surface area contributed by atoms with Crippen molar-refractivity contribution in [2.75, 3.05) is 13.0 Å². The van der Waals surface area contributed by atoms with Crippen LogP contribution in [-0.2, 0) is 4.79 Å². The molecule has 1 amide bonds. The van der Waals surface area contributed by atoms with Crippen molar-refractivity contribution >= 4 is 17.5 Å². The molecule has 18 heavy (non-hydrogen) atoms. The lowest BCUT2D eigenvalue weighted by Crippen LogP contribution is -2.26. The van der Waals surface area contributed by atoms with E-state index in [2.05, 4.69) is 5.32 Å². The minimum Gasteiger partial charge on any atom is -0.497 e. The molecule has 1 atom stereocenters. The van der Waals surface area contributed by atoms with Crippen molar-refractivity contribution in [3.05, 3.63) is 29.8 Å². The zero-order valence-electron chi connectivity index (χ0n) is 10.9. The molecule has 0 aliphatic heterocycles. The normalized spacial score (nSPS) is 11.9. The van der Waals surface area contributed by atoms with Crippen LogP contribution in [0.5, 0.6) is 5.75 Å². The molecule has 0 saturated heterocycles. The van der Waals surface area contributed by atoms with Gasteiger partial charge in [0, 0.05) is 12.3 Å². The number of hydrogen-bond donors (Lipinski definition) is 1. The molecule has 0 bridgehead atoms. The van der Waals surface area contributed by atoms with E-state index in [0.29, 0.717) is 12.3 Å². The maximum Gasteiger partial charge on any atom is 0.220 e. The largest absolute Gasteiger partial charge is 0.497 e. The van der Waals surface area contributed by atoms with Crippen LogP contribution in [0, 0.1) is 0 Å². The van der Waals surface area contributed by atoms with Gasteiger partial charge in [-0.3, -0.25) is 4.79 Å². The fourth-order valence-electron chi connectivity index (χ4n) is 1.69. The molecule has 0 fully saturated rings. The Balaban J connectivity index is 2.48. The number of amides is 1. The maximum absolute atomic E-state index is 11.7. The molecule has 1 aromatic rings. The van der Waals surface area contributed by atoms with Crippen LogP contribution >= 0.6 is 11.6 Å². The fourth-order valence-corrected chi connectivity index (χ4v) is 1.88. The Hall–Kier alpha value is -1.22. The van der Waals surface area contributed by atoms with E-state index in [0.717, 1.165) is 24.2 Å². The van der Waals surface area contributed by atoms with Crippen LogP contribution in [0.15, 0.2) is 24.3 Å². The Labute approximate surface area is 113 Å². The summed E-state index contributed by atoms with van der Waals surface area (Å²) in [7, 11) is 1.63. The maximum atomic E-state index is 11.7. The summed E-state index contributed by atoms with van der Waals surface area (Å²) in [5.41, 5.74) is 1.04. The van der Waals surface area contributed by atoms with E-state index in [1.54, 1.807) is 7.11 Å². The van der Waals surface area contributed by atoms with Crippen LogP contribution in [0.4, 0.5) is 0 Å². The lowest BCUT2D eigenvalue weighted by molar-refractivity contribution is -0.121. The predicted molar refractivity (Wildman–Crippen MR) is 74.1 cm³/mol. The number of nitrogens with one attached hydrogen (secondary N) is 1. The second kappa shape index (κ2) is 7.98. The van der Waals surface area contributed by atoms with E-state index in [4.69, 9.17) is 16.3 Å². The van der Waals surface area contributed by atoms with Gasteiger partial charge in [-0.05, 0) is 37.5 Å². The number of benzene rings is 1. The third-order valence-corrected chi connectivity index (χ3v) is 3.03. The molecular weight excluding hydrogens is 250 g/mol. The molecule has 0 spiro atoms. The lowest BCUT2D eigenvalue weighted by Gasteiger charge is -2.15. The number of alkyl halides is 1. The van der Waals surface area contributed by atoms with Gasteiger partial charge in [-0.1, -0.05) is 12.1 Å². The molecule has 0 radical (unpaired) electrons. The third kappa shape index (κ3) is 4.96. The molecule has 0 unspecified atom stereocenters. The monoisotopic (exact) mass is 269 g/mol. The first-order valence-corrected chi connectivity index (χ1v) is 6.70. The summed E-state index contributed by atoms with van der Waals surface area (Å²) in [6.07, 6.45) is 2.24. The highest BCUT2D eigenvalue weighted by Gasteiger charge is 2.09. The number of carbonyl (C=O) groups excluding carboxylic acids is 1. The summed E-state index contributed by atoms with van der Waals surface area (Å²) in [5.74, 6) is 1.48. The second-order valence-electron chi connectivity index (χ2n) is 4.21. The minimum absolute atomic E-state index is 0.0106. The molecule has 0 aliphatic rings. The molecule has 0 heterocycles. The summed E-state index contributed by atoms with van der Waals surface area (Å²) >= 11 is 5.57. The van der Waals surface area contributed by atoms with Crippen LogP contribution in [-0.4, -0.2) is 18.9 Å². The average molecular weight is 270 g/mol. The Bertz CT molecular complexity index is 382. The number of rotatable bonds is 7. The van der Waals surface area contributed by atoms with Crippen molar-refractivity contribution in [2.45, 2.75) is 32.2 Å². The highest BCUT2D eigenvalue weighted by Crippen LogP contribution is 2.18. The number of halogens is 1. The van der Waals surface area contributed by atoms with E-state index in [1.807, 2.05) is 31.2 Å². The molecule has 1 aromatic carbocycles. The van der Waals surface area contributed by atoms with Crippen molar-refractivity contribution in [1.29, 1.82) is 0 Å². The summed E-state index contributed by atoms with van der Waals surface area (Å²) < 4.78 is 5.16. The van der Waals surface area contributed by atoms with Crippen LogP contribution < -0.4 is 10.1 Å². The van der Waals surface area contributed by atoms with Crippen LogP contribution in [0.1, 0.15) is 37.8 Å². The van der Waals surface area contributed by atoms with Crippen molar-refractivity contribution < 1.29 is 9.53 Å². The fraction of sp³-hybridized carbons (Fsp3) is 0.500. The van der Waals surface area contributed by atoms with Gasteiger partial charge >= 0.3 is 0 Å². The highest BCUT2D eigenvalue weighted by atomic mass is 35.5. The summed E-state index contributed by atoms with van der Waals surface area (Å²) in [4.78, 5) is 11.7. The van der Waals surface area contributed by atoms with Crippen LogP contribution in [0.2, 0.25) is 0 Å². The zero-order chi connectivity index (χ0) is 13.4. The molecule has 3 nitrogen and oxygen atoms in total. The van der Waals surface area contributed by atoms with E-state index in [9.17, 15) is 4.79 Å². The van der Waals surface area contributed by atoms with Gasteiger partial charge in [0.25, 0.3) is 0 Å². The molecule has 1 N–H and O–H groups in total. The van der Waals surface area contributed by atoms with Gasteiger partial charge in [0.2, 0.25) is 5.91 Å². The van der Waals surface area contributed by atoms with Gasteiger partial charge in [-0.2, -0.15) is 0 Å². The van der Waals surface area contributed by atoms with Crippen molar-refractivity contribution in [2.24, 2.45) is 0 Å². The first-order valence-electron chi connectivity index (χ1n) is 6.16. The number of carbonyl (C=O) groups is 1. The molecular formula is C14H20ClNO2. The molecule has 0 saturated carbocycles. The van der Waals surface area contributed by atoms with Gasteiger partial charge in [0.15, 0.2) is 0 Å². The van der Waals surface area contributed by atoms with Gasteiger partial charge in [-0.25, -0.2) is 0 Å². The van der Waals surface area contributed by atoms with E-state index >= 15 is 0 Å². The van der Waals surface area contributed by atoms with E-state index in [1.165, 1.54) is 0 Å². The second-order valence-corrected chi connectivity index (χ2v) is 4.59. The molecule has 0 aliphatic carbocycles. The minimum atomic E-state index is -0.0106. The predicted octanol–water partition coefficient (Wildman–Crippen LogP) is 3.28. The Morgan fingerprint density at radius 2 is 2.22 bits per heavy atom. The molecule has 4 heteroatoms. The summed E-state index contributed by atoms with van der Waals surface area (Å²) in [6, 6.07) is 7.71. The summed E-state index contributed by atoms with van der Waals surface area (Å²) in [6.45, 7) is 1.97. The SMILES string of the molecule is COc1cccc([C@@H](C)NC(=O)CCCCCl)c1. The Morgan fingerprint density at radius 3 is 2.89 bits per heavy atom. The number of hydrogen-bond acceptors (Lipinski definition) is 2. The lowest BCUT2D eigenvalue weighted by atomic mass is 10.1. The van der Waals surface area contributed by atoms with E-state index < -0.39 is 0 Å². The van der Waals surface area contributed by atoms with Crippen molar-refractivity contribution in [3.8, 4) is 5.75 Å². The van der Waals surface area contributed by atoms with Gasteiger partial charge in [0.05, 0.1) is 13.2 Å². The van der Waals surface area contributed by atoms with E-state index in [-0.39, 0.29) is 11.9 Å². The van der Waals surface area contributed by atoms with Crippen molar-refractivity contribution in [3.63, 3.8) is 0 Å². The first kappa shape index (κ1) is 14.8. The molecule has 0 aromatic heterocycles. The zero-order valence-corrected chi connectivity index (χ0v) is 11.7. The molecule has 1 rings (SSSR count). The first-order chi connectivity index (χ1) is 8.67. The van der Waals surface area contributed by atoms with Crippen LogP contribution in [0.3, 0.4) is 0 Å². The number of unbranched alkanes of at least 4 members (excludes halogenated alkanes) is 1. The Morgan fingerprint density at radius 1 is 1.44 bits per heavy atom. The van der Waals surface area contributed by atoms with Crippen LogP contribution in [0.25, 0.3) is 0 Å². The third-order valence-electron chi connectivity index (χ3n) is 2.76. The Kier molecular flexibility index (Phi) is 6.58. The number of ether oxygens (including phenoxy) is 1. The topological polar surface area (TPSA) is 38.3 Å². The highest BCUT2D eigenvalue weighted by molar-refractivity contribution is 6.17. The quantitative estimate of drug-likeness (QED) is 0.609. The average Bonchev–Trinajstić information content (AvgIpc) is 2.39. The van der Waals surface area contributed by atoms with Gasteiger partial charge < -0.3 is 10.1 Å².